The van der Waals surface area contributed by atoms with Crippen LogP contribution in [0.15, 0.2) is 71.1 Å². The zero-order valence-electron chi connectivity index (χ0n) is 19.0. The molecule has 0 radical (unpaired) electrons. The van der Waals surface area contributed by atoms with Crippen molar-refractivity contribution in [2.45, 2.75) is 58.0 Å². The second-order valence-corrected chi connectivity index (χ2v) is 9.62. The van der Waals surface area contributed by atoms with Gasteiger partial charge < -0.3 is 10.1 Å². The number of hydrogen-bond donors (Lipinski definition) is 1. The Balaban J connectivity index is 1.78. The summed E-state index contributed by atoms with van der Waals surface area (Å²) in [6.45, 7) is 5.70. The Hall–Kier alpha value is -2.56. The number of rotatable bonds is 5. The number of carbonyl (C=O) groups is 2. The first kappa shape index (κ1) is 23.6. The summed E-state index contributed by atoms with van der Waals surface area (Å²) in [7, 11) is 0. The Kier molecular flexibility index (Phi) is 6.96. The molecule has 0 aromatic heterocycles. The Morgan fingerprint density at radius 2 is 1.82 bits per heavy atom. The van der Waals surface area contributed by atoms with Crippen molar-refractivity contribution in [1.82, 2.24) is 5.32 Å². The molecule has 2 aromatic carbocycles. The van der Waals surface area contributed by atoms with E-state index in [9.17, 15) is 9.59 Å². The minimum Gasteiger partial charge on any atom is -0.459 e. The maximum atomic E-state index is 13.6. The molecular weight excluding hydrogens is 457 g/mol. The smallest absolute Gasteiger partial charge is 0.337 e. The van der Waals surface area contributed by atoms with Crippen LogP contribution >= 0.6 is 23.2 Å². The van der Waals surface area contributed by atoms with Gasteiger partial charge in [0.2, 0.25) is 0 Å². The Morgan fingerprint density at radius 1 is 1.09 bits per heavy atom. The summed E-state index contributed by atoms with van der Waals surface area (Å²) < 4.78 is 5.69. The number of ketones is 1. The van der Waals surface area contributed by atoms with Crippen molar-refractivity contribution < 1.29 is 14.3 Å². The standard InChI is InChI=1S/C27H27Cl2NO3/c1-4-15(2)33-27(32)24-16(3)30-22-13-19(17-8-10-20(28)11-9-17)14-23(31)26(22)25(24)18-6-5-7-21(29)12-18/h5-12,15,19,25,30H,4,13-14H2,1-3H3/t15-,19+,25-/m1/s1. The predicted octanol–water partition coefficient (Wildman–Crippen LogP) is 6.70. The fourth-order valence-electron chi connectivity index (χ4n) is 4.63. The topological polar surface area (TPSA) is 55.4 Å². The molecule has 0 bridgehead atoms. The molecule has 0 amide bonds. The van der Waals surface area contributed by atoms with Crippen molar-refractivity contribution in [3.8, 4) is 0 Å². The van der Waals surface area contributed by atoms with Gasteiger partial charge >= 0.3 is 5.97 Å². The van der Waals surface area contributed by atoms with Crippen molar-refractivity contribution >= 4 is 35.0 Å². The van der Waals surface area contributed by atoms with E-state index in [4.69, 9.17) is 27.9 Å². The van der Waals surface area contributed by atoms with Gasteiger partial charge in [0.05, 0.1) is 11.7 Å². The van der Waals surface area contributed by atoms with Gasteiger partial charge in [0.15, 0.2) is 5.78 Å². The van der Waals surface area contributed by atoms with Crippen LogP contribution in [-0.2, 0) is 14.3 Å². The van der Waals surface area contributed by atoms with Crippen molar-refractivity contribution in [3.63, 3.8) is 0 Å². The van der Waals surface area contributed by atoms with Gasteiger partial charge in [-0.15, -0.1) is 0 Å². The van der Waals surface area contributed by atoms with E-state index < -0.39 is 11.9 Å². The molecule has 2 aliphatic rings. The third-order valence-corrected chi connectivity index (χ3v) is 6.94. The van der Waals surface area contributed by atoms with Crippen LogP contribution < -0.4 is 5.32 Å². The minimum absolute atomic E-state index is 0.0232. The van der Waals surface area contributed by atoms with Crippen LogP contribution in [0, 0.1) is 0 Å². The van der Waals surface area contributed by atoms with Crippen LogP contribution in [0.5, 0.6) is 0 Å². The lowest BCUT2D eigenvalue weighted by atomic mass is 9.72. The van der Waals surface area contributed by atoms with Gasteiger partial charge in [-0.1, -0.05) is 54.4 Å². The number of esters is 1. The van der Waals surface area contributed by atoms with Gasteiger partial charge in [-0.2, -0.15) is 0 Å². The summed E-state index contributed by atoms with van der Waals surface area (Å²) in [6, 6.07) is 15.0. The summed E-state index contributed by atoms with van der Waals surface area (Å²) in [6.07, 6.45) is 1.53. The van der Waals surface area contributed by atoms with E-state index in [0.29, 0.717) is 46.2 Å². The molecule has 2 aromatic rings. The minimum atomic E-state index is -0.518. The van der Waals surface area contributed by atoms with Crippen LogP contribution in [0.2, 0.25) is 10.0 Å². The first-order valence-electron chi connectivity index (χ1n) is 11.2. The van der Waals surface area contributed by atoms with Crippen LogP contribution in [0.3, 0.4) is 0 Å². The summed E-state index contributed by atoms with van der Waals surface area (Å²) in [5.74, 6) is -0.855. The van der Waals surface area contributed by atoms with Crippen molar-refractivity contribution in [2.75, 3.05) is 0 Å². The summed E-state index contributed by atoms with van der Waals surface area (Å²) >= 11 is 12.4. The van der Waals surface area contributed by atoms with Crippen LogP contribution in [0.25, 0.3) is 0 Å². The number of ether oxygens (including phenoxy) is 1. The summed E-state index contributed by atoms with van der Waals surface area (Å²) in [4.78, 5) is 26.8. The first-order valence-corrected chi connectivity index (χ1v) is 12.0. The zero-order chi connectivity index (χ0) is 23.7. The highest BCUT2D eigenvalue weighted by Gasteiger charge is 2.41. The molecule has 6 heteroatoms. The number of carbonyl (C=O) groups excluding carboxylic acids is 2. The number of hydrogen-bond acceptors (Lipinski definition) is 4. The molecule has 0 saturated heterocycles. The number of nitrogens with one attached hydrogen (secondary N) is 1. The second-order valence-electron chi connectivity index (χ2n) is 8.75. The number of benzene rings is 2. The van der Waals surface area contributed by atoms with E-state index in [2.05, 4.69) is 5.32 Å². The lowest BCUT2D eigenvalue weighted by molar-refractivity contribution is -0.144. The molecule has 3 atom stereocenters. The number of halogens is 2. The van der Waals surface area contributed by atoms with E-state index in [1.807, 2.05) is 63.2 Å². The fraction of sp³-hybridized carbons (Fsp3) is 0.333. The first-order chi connectivity index (χ1) is 15.8. The predicted molar refractivity (Wildman–Crippen MR) is 131 cm³/mol. The van der Waals surface area contributed by atoms with Crippen LogP contribution in [0.1, 0.15) is 63.0 Å². The molecule has 4 nitrogen and oxygen atoms in total. The maximum absolute atomic E-state index is 13.6. The van der Waals surface area contributed by atoms with Gasteiger partial charge in [-0.3, -0.25) is 4.79 Å². The molecule has 1 aliphatic carbocycles. The van der Waals surface area contributed by atoms with E-state index >= 15 is 0 Å². The Bertz CT molecular complexity index is 1150. The quantitative estimate of drug-likeness (QED) is 0.480. The van der Waals surface area contributed by atoms with Crippen molar-refractivity contribution in [3.05, 3.63) is 92.2 Å². The van der Waals surface area contributed by atoms with Crippen LogP contribution in [-0.4, -0.2) is 17.9 Å². The number of allylic oxidation sites excluding steroid dienone is 3. The van der Waals surface area contributed by atoms with E-state index in [1.54, 1.807) is 6.07 Å². The van der Waals surface area contributed by atoms with E-state index in [1.165, 1.54) is 0 Å². The van der Waals surface area contributed by atoms with Gasteiger partial charge in [-0.05, 0) is 68.0 Å². The maximum Gasteiger partial charge on any atom is 0.337 e. The lowest BCUT2D eigenvalue weighted by Gasteiger charge is -2.37. The molecule has 1 aliphatic heterocycles. The average Bonchev–Trinajstić information content (AvgIpc) is 2.78. The van der Waals surface area contributed by atoms with Gasteiger partial charge in [0.25, 0.3) is 0 Å². The molecule has 33 heavy (non-hydrogen) atoms. The van der Waals surface area contributed by atoms with Crippen molar-refractivity contribution in [1.29, 1.82) is 0 Å². The SMILES string of the molecule is CC[C@@H](C)OC(=O)C1=C(C)NC2=C(C(=O)C[C@@H](c3ccc(Cl)cc3)C2)[C@@H]1c1cccc(Cl)c1. The number of dihydropyridines is 1. The zero-order valence-corrected chi connectivity index (χ0v) is 20.5. The summed E-state index contributed by atoms with van der Waals surface area (Å²) in [5.41, 5.74) is 4.54. The van der Waals surface area contributed by atoms with Gasteiger partial charge in [-0.25, -0.2) is 4.79 Å². The molecule has 0 saturated carbocycles. The molecule has 0 unspecified atom stereocenters. The average molecular weight is 484 g/mol. The highest BCUT2D eigenvalue weighted by Crippen LogP contribution is 2.46. The molecule has 0 fully saturated rings. The normalized spacial score (nSPS) is 21.4. The second kappa shape index (κ2) is 9.74. The highest BCUT2D eigenvalue weighted by atomic mass is 35.5. The molecule has 0 spiro atoms. The highest BCUT2D eigenvalue weighted by molar-refractivity contribution is 6.30. The molecule has 1 N–H and O–H groups in total. The molecular formula is C27H27Cl2NO3. The molecule has 172 valence electrons. The van der Waals surface area contributed by atoms with E-state index in [0.717, 1.165) is 16.8 Å². The van der Waals surface area contributed by atoms with Gasteiger partial charge in [0, 0.05) is 39.4 Å². The molecule has 4 rings (SSSR count). The monoisotopic (exact) mass is 483 g/mol. The molecule has 1 heterocycles. The van der Waals surface area contributed by atoms with Crippen LogP contribution in [0.4, 0.5) is 0 Å². The summed E-state index contributed by atoms with van der Waals surface area (Å²) in [5, 5.41) is 4.60. The van der Waals surface area contributed by atoms with Gasteiger partial charge in [0.1, 0.15) is 0 Å². The Labute approximate surface area is 204 Å². The fourth-order valence-corrected chi connectivity index (χ4v) is 4.95. The lowest BCUT2D eigenvalue weighted by Crippen LogP contribution is -2.36. The van der Waals surface area contributed by atoms with E-state index in [-0.39, 0.29) is 17.8 Å². The number of Topliss-reactive ketones (excluding diaryl/α,β-unsaturated/α-hetero) is 1. The Morgan fingerprint density at radius 3 is 2.48 bits per heavy atom. The third kappa shape index (κ3) is 4.87. The van der Waals surface area contributed by atoms with Crippen molar-refractivity contribution in [2.24, 2.45) is 0 Å². The third-order valence-electron chi connectivity index (χ3n) is 6.45. The largest absolute Gasteiger partial charge is 0.459 e.